The molecule has 4 aromatic rings. The third kappa shape index (κ3) is 3.08. The molecule has 0 aliphatic rings. The van der Waals surface area contributed by atoms with Gasteiger partial charge in [-0.05, 0) is 35.4 Å². The van der Waals surface area contributed by atoms with Crippen LogP contribution in [0.1, 0.15) is 5.56 Å². The molecule has 124 valence electrons. The fraction of sp³-hybridized carbons (Fsp3) is 0.0526. The van der Waals surface area contributed by atoms with Gasteiger partial charge in [-0.1, -0.05) is 35.9 Å². The Morgan fingerprint density at radius 2 is 2.00 bits per heavy atom. The Balaban J connectivity index is 1.78. The minimum Gasteiger partial charge on any atom is -0.294 e. The van der Waals surface area contributed by atoms with Gasteiger partial charge in [0.25, 0.3) is 5.56 Å². The largest absolute Gasteiger partial charge is 0.294 e. The van der Waals surface area contributed by atoms with Crippen molar-refractivity contribution in [3.05, 3.63) is 87.0 Å². The molecule has 2 aromatic heterocycles. The predicted octanol–water partition coefficient (Wildman–Crippen LogP) is 4.97. The molecule has 0 unspecified atom stereocenters. The van der Waals surface area contributed by atoms with Crippen molar-refractivity contribution in [1.82, 2.24) is 9.55 Å². The normalized spacial score (nSPS) is 11.1. The molecule has 0 atom stereocenters. The van der Waals surface area contributed by atoms with Crippen LogP contribution in [0.15, 0.2) is 65.0 Å². The van der Waals surface area contributed by atoms with Crippen LogP contribution in [-0.4, -0.2) is 9.55 Å². The fourth-order valence-corrected chi connectivity index (χ4v) is 3.91. The third-order valence-electron chi connectivity index (χ3n) is 3.92. The minimum absolute atomic E-state index is 0.132. The first-order valence-corrected chi connectivity index (χ1v) is 8.84. The van der Waals surface area contributed by atoms with Crippen molar-refractivity contribution in [2.24, 2.45) is 0 Å². The quantitative estimate of drug-likeness (QED) is 0.510. The van der Waals surface area contributed by atoms with Crippen LogP contribution in [0.5, 0.6) is 0 Å². The smallest absolute Gasteiger partial charge is 0.271 e. The molecule has 2 heterocycles. The molecule has 0 spiro atoms. The van der Waals surface area contributed by atoms with Crippen molar-refractivity contribution in [1.29, 1.82) is 0 Å². The monoisotopic (exact) mass is 370 g/mol. The van der Waals surface area contributed by atoms with E-state index in [1.807, 2.05) is 23.6 Å². The second kappa shape index (κ2) is 6.43. The summed E-state index contributed by atoms with van der Waals surface area (Å²) in [5.74, 6) is -0.320. The molecule has 0 radical (unpaired) electrons. The molecule has 0 aliphatic carbocycles. The maximum Gasteiger partial charge on any atom is 0.271 e. The van der Waals surface area contributed by atoms with Gasteiger partial charge >= 0.3 is 0 Å². The first-order chi connectivity index (χ1) is 12.1. The van der Waals surface area contributed by atoms with E-state index < -0.39 is 0 Å². The number of halogens is 2. The second-order valence-corrected chi connectivity index (χ2v) is 6.96. The molecule has 6 heteroatoms. The number of hydrogen-bond donors (Lipinski definition) is 0. The average Bonchev–Trinajstić information content (AvgIpc) is 3.02. The summed E-state index contributed by atoms with van der Waals surface area (Å²) in [4.78, 5) is 17.2. The van der Waals surface area contributed by atoms with Crippen molar-refractivity contribution in [2.75, 3.05) is 0 Å². The van der Waals surface area contributed by atoms with Gasteiger partial charge in [-0.25, -0.2) is 9.37 Å². The van der Waals surface area contributed by atoms with Gasteiger partial charge in [0.2, 0.25) is 0 Å². The van der Waals surface area contributed by atoms with Gasteiger partial charge in [-0.3, -0.25) is 9.36 Å². The minimum atomic E-state index is -0.320. The highest BCUT2D eigenvalue weighted by atomic mass is 35.5. The van der Waals surface area contributed by atoms with Gasteiger partial charge in [0.1, 0.15) is 10.5 Å². The van der Waals surface area contributed by atoms with E-state index in [9.17, 15) is 9.18 Å². The molecule has 4 rings (SSSR count). The Morgan fingerprint density at radius 1 is 1.16 bits per heavy atom. The number of hydrogen-bond acceptors (Lipinski definition) is 3. The third-order valence-corrected chi connectivity index (χ3v) is 5.12. The predicted molar refractivity (Wildman–Crippen MR) is 99.8 cm³/mol. The first kappa shape index (κ1) is 16.0. The number of benzene rings is 2. The van der Waals surface area contributed by atoms with Crippen LogP contribution in [0.3, 0.4) is 0 Å². The van der Waals surface area contributed by atoms with E-state index in [2.05, 4.69) is 4.98 Å². The lowest BCUT2D eigenvalue weighted by molar-refractivity contribution is 0.622. The molecule has 0 amide bonds. The van der Waals surface area contributed by atoms with Crippen LogP contribution < -0.4 is 5.56 Å². The SMILES string of the molecule is O=c1c2scc(-c3cccc(Cl)c3)c2ncn1Cc1cccc(F)c1. The number of aromatic nitrogens is 2. The molecule has 0 fully saturated rings. The summed E-state index contributed by atoms with van der Waals surface area (Å²) in [6, 6.07) is 13.7. The molecule has 25 heavy (non-hydrogen) atoms. The van der Waals surface area contributed by atoms with Gasteiger partial charge in [-0.2, -0.15) is 0 Å². The summed E-state index contributed by atoms with van der Waals surface area (Å²) in [7, 11) is 0. The first-order valence-electron chi connectivity index (χ1n) is 7.59. The summed E-state index contributed by atoms with van der Waals surface area (Å²) in [6.45, 7) is 0.282. The summed E-state index contributed by atoms with van der Waals surface area (Å²) < 4.78 is 15.4. The van der Waals surface area contributed by atoms with Crippen molar-refractivity contribution in [3.63, 3.8) is 0 Å². The van der Waals surface area contributed by atoms with E-state index in [4.69, 9.17) is 11.6 Å². The molecule has 0 bridgehead atoms. The number of thiophene rings is 1. The number of nitrogens with zero attached hydrogens (tertiary/aromatic N) is 2. The number of fused-ring (bicyclic) bond motifs is 1. The second-order valence-electron chi connectivity index (χ2n) is 5.64. The zero-order valence-electron chi connectivity index (χ0n) is 12.9. The van der Waals surface area contributed by atoms with Gasteiger partial charge in [-0.15, -0.1) is 11.3 Å². The lowest BCUT2D eigenvalue weighted by Gasteiger charge is -2.06. The Hall–Kier alpha value is -2.50. The van der Waals surface area contributed by atoms with Gasteiger partial charge in [0, 0.05) is 16.0 Å². The summed E-state index contributed by atoms with van der Waals surface area (Å²) in [6.07, 6.45) is 1.51. The standard InChI is InChI=1S/C19H12ClFN2OS/c20-14-5-2-4-13(8-14)16-10-25-18-17(16)22-11-23(19(18)24)9-12-3-1-6-15(21)7-12/h1-8,10-11H,9H2. The van der Waals surface area contributed by atoms with Crippen LogP contribution >= 0.6 is 22.9 Å². The van der Waals surface area contributed by atoms with E-state index in [-0.39, 0.29) is 17.9 Å². The van der Waals surface area contributed by atoms with Crippen LogP contribution in [0, 0.1) is 5.82 Å². The highest BCUT2D eigenvalue weighted by Gasteiger charge is 2.13. The lowest BCUT2D eigenvalue weighted by Crippen LogP contribution is -2.20. The van der Waals surface area contributed by atoms with Crippen molar-refractivity contribution in [2.45, 2.75) is 6.54 Å². The molecule has 3 nitrogen and oxygen atoms in total. The van der Waals surface area contributed by atoms with Crippen LogP contribution in [0.4, 0.5) is 4.39 Å². The van der Waals surface area contributed by atoms with E-state index in [1.165, 1.54) is 34.4 Å². The van der Waals surface area contributed by atoms with E-state index in [0.29, 0.717) is 15.2 Å². The fourth-order valence-electron chi connectivity index (χ4n) is 2.75. The maximum atomic E-state index is 13.3. The lowest BCUT2D eigenvalue weighted by atomic mass is 10.1. The van der Waals surface area contributed by atoms with Gasteiger partial charge < -0.3 is 0 Å². The van der Waals surface area contributed by atoms with Crippen LogP contribution in [0.25, 0.3) is 21.3 Å². The Morgan fingerprint density at radius 3 is 2.80 bits per heavy atom. The Bertz CT molecular complexity index is 1140. The molecular weight excluding hydrogens is 359 g/mol. The van der Waals surface area contributed by atoms with Crippen molar-refractivity contribution in [3.8, 4) is 11.1 Å². The Labute approximate surface area is 152 Å². The zero-order valence-corrected chi connectivity index (χ0v) is 14.5. The molecule has 0 saturated carbocycles. The summed E-state index contributed by atoms with van der Waals surface area (Å²) in [5, 5.41) is 2.55. The summed E-state index contributed by atoms with van der Waals surface area (Å²) in [5.41, 5.74) is 3.06. The zero-order chi connectivity index (χ0) is 17.4. The van der Waals surface area contributed by atoms with E-state index in [1.54, 1.807) is 18.2 Å². The molecular formula is C19H12ClFN2OS. The molecule has 0 N–H and O–H groups in total. The highest BCUT2D eigenvalue weighted by Crippen LogP contribution is 2.31. The number of rotatable bonds is 3. The van der Waals surface area contributed by atoms with E-state index >= 15 is 0 Å². The molecule has 0 aliphatic heterocycles. The van der Waals surface area contributed by atoms with Crippen molar-refractivity contribution < 1.29 is 4.39 Å². The van der Waals surface area contributed by atoms with Gasteiger partial charge in [0.15, 0.2) is 0 Å². The molecule has 2 aromatic carbocycles. The highest BCUT2D eigenvalue weighted by molar-refractivity contribution is 7.17. The summed E-state index contributed by atoms with van der Waals surface area (Å²) >= 11 is 7.42. The van der Waals surface area contributed by atoms with Gasteiger partial charge in [0.05, 0.1) is 18.4 Å². The average molecular weight is 371 g/mol. The van der Waals surface area contributed by atoms with Crippen LogP contribution in [0.2, 0.25) is 5.02 Å². The topological polar surface area (TPSA) is 34.9 Å². The maximum absolute atomic E-state index is 13.3. The van der Waals surface area contributed by atoms with Crippen LogP contribution in [-0.2, 0) is 6.54 Å². The van der Waals surface area contributed by atoms with Crippen molar-refractivity contribution >= 4 is 33.2 Å². The van der Waals surface area contributed by atoms with E-state index in [0.717, 1.165) is 16.7 Å². The molecule has 0 saturated heterocycles. The Kier molecular flexibility index (Phi) is 4.11.